The quantitative estimate of drug-likeness (QED) is 0.819. The van der Waals surface area contributed by atoms with Gasteiger partial charge in [0.25, 0.3) is 5.91 Å². The number of aromatic amines is 1. The molecular formula is C18H21N3O2S. The monoisotopic (exact) mass is 343 g/mol. The lowest BCUT2D eigenvalue weighted by molar-refractivity contribution is -0.0292. The van der Waals surface area contributed by atoms with E-state index in [4.69, 9.17) is 17.0 Å². The van der Waals surface area contributed by atoms with Crippen molar-refractivity contribution in [2.24, 2.45) is 0 Å². The molecule has 1 amide bonds. The third kappa shape index (κ3) is 4.50. The number of nitrogens with one attached hydrogen (secondary N) is 2. The Morgan fingerprint density at radius 3 is 2.92 bits per heavy atom. The Kier molecular flexibility index (Phi) is 5.74. The summed E-state index contributed by atoms with van der Waals surface area (Å²) in [5.74, 6) is -0.166. The van der Waals surface area contributed by atoms with Crippen molar-refractivity contribution in [1.29, 1.82) is 0 Å². The minimum absolute atomic E-state index is 0.00678. The summed E-state index contributed by atoms with van der Waals surface area (Å²) < 4.78 is 6.22. The zero-order valence-electron chi connectivity index (χ0n) is 13.4. The summed E-state index contributed by atoms with van der Waals surface area (Å²) >= 11 is 5.13. The predicted molar refractivity (Wildman–Crippen MR) is 95.4 cm³/mol. The fourth-order valence-electron chi connectivity index (χ4n) is 2.79. The second-order valence-corrected chi connectivity index (χ2v) is 6.24. The van der Waals surface area contributed by atoms with E-state index in [-0.39, 0.29) is 12.0 Å². The van der Waals surface area contributed by atoms with Gasteiger partial charge in [-0.15, -0.1) is 0 Å². The number of ether oxygens (including phenoxy) is 1. The smallest absolute Gasteiger partial charge is 0.254 e. The molecular weight excluding hydrogens is 322 g/mol. The molecule has 0 bridgehead atoms. The van der Waals surface area contributed by atoms with E-state index in [0.29, 0.717) is 23.4 Å². The van der Waals surface area contributed by atoms with E-state index >= 15 is 0 Å². The number of rotatable bonds is 5. The average molecular weight is 343 g/mol. The van der Waals surface area contributed by atoms with Gasteiger partial charge in [0.2, 0.25) is 0 Å². The van der Waals surface area contributed by atoms with Crippen LogP contribution < -0.4 is 5.32 Å². The minimum atomic E-state index is -0.166. The summed E-state index contributed by atoms with van der Waals surface area (Å²) in [4.78, 5) is 17.4. The van der Waals surface area contributed by atoms with E-state index < -0.39 is 0 Å². The summed E-state index contributed by atoms with van der Waals surface area (Å²) in [6.07, 6.45) is 1.71. The van der Waals surface area contributed by atoms with Gasteiger partial charge in [0.15, 0.2) is 0 Å². The summed E-state index contributed by atoms with van der Waals surface area (Å²) in [6, 6.07) is 13.9. The molecule has 6 heteroatoms. The van der Waals surface area contributed by atoms with Gasteiger partial charge in [-0.1, -0.05) is 42.5 Å². The molecule has 1 aliphatic rings. The number of carbonyl (C=O) groups excluding carboxylic acids is 1. The first kappa shape index (κ1) is 16.8. The van der Waals surface area contributed by atoms with Crippen LogP contribution in [0.2, 0.25) is 0 Å². The molecule has 1 unspecified atom stereocenters. The summed E-state index contributed by atoms with van der Waals surface area (Å²) in [5, 5.41) is 2.92. The molecule has 3 rings (SSSR count). The third-order valence-corrected chi connectivity index (χ3v) is 4.36. The second kappa shape index (κ2) is 8.19. The van der Waals surface area contributed by atoms with Crippen LogP contribution in [0, 0.1) is 4.64 Å². The predicted octanol–water partition coefficient (Wildman–Crippen LogP) is 2.37. The van der Waals surface area contributed by atoms with Crippen molar-refractivity contribution in [3.8, 4) is 0 Å². The molecule has 1 saturated heterocycles. The molecule has 1 aromatic carbocycles. The van der Waals surface area contributed by atoms with E-state index in [0.717, 1.165) is 19.6 Å². The van der Waals surface area contributed by atoms with Gasteiger partial charge < -0.3 is 15.0 Å². The van der Waals surface area contributed by atoms with Crippen LogP contribution in [0.15, 0.2) is 48.7 Å². The summed E-state index contributed by atoms with van der Waals surface area (Å²) in [7, 11) is 0. The first-order valence-corrected chi connectivity index (χ1v) is 8.47. The summed E-state index contributed by atoms with van der Waals surface area (Å²) in [5.41, 5.74) is 1.78. The van der Waals surface area contributed by atoms with E-state index in [1.54, 1.807) is 18.3 Å². The molecule has 0 spiro atoms. The van der Waals surface area contributed by atoms with Gasteiger partial charge in [0.1, 0.15) is 4.64 Å². The van der Waals surface area contributed by atoms with Gasteiger partial charge in [-0.3, -0.25) is 9.69 Å². The van der Waals surface area contributed by atoms with Gasteiger partial charge in [-0.05, 0) is 17.7 Å². The number of morpholine rings is 1. The fourth-order valence-corrected chi connectivity index (χ4v) is 3.02. The zero-order chi connectivity index (χ0) is 16.8. The van der Waals surface area contributed by atoms with Gasteiger partial charge in [0.05, 0.1) is 18.3 Å². The molecule has 2 N–H and O–H groups in total. The normalized spacial score (nSPS) is 18.2. The third-order valence-electron chi connectivity index (χ3n) is 4.02. The highest BCUT2D eigenvalue weighted by Crippen LogP contribution is 2.10. The lowest BCUT2D eigenvalue weighted by atomic mass is 10.2. The van der Waals surface area contributed by atoms with E-state index in [1.807, 2.05) is 6.07 Å². The highest BCUT2D eigenvalue weighted by Gasteiger charge is 2.21. The average Bonchev–Trinajstić information content (AvgIpc) is 2.61. The highest BCUT2D eigenvalue weighted by molar-refractivity contribution is 7.71. The Morgan fingerprint density at radius 2 is 2.12 bits per heavy atom. The number of amides is 1. The summed E-state index contributed by atoms with van der Waals surface area (Å²) in [6.45, 7) is 3.77. The van der Waals surface area contributed by atoms with Crippen molar-refractivity contribution in [3.63, 3.8) is 0 Å². The Labute approximate surface area is 146 Å². The Bertz CT molecular complexity index is 732. The molecule has 5 nitrogen and oxygen atoms in total. The second-order valence-electron chi connectivity index (χ2n) is 5.84. The number of pyridine rings is 1. The molecule has 0 radical (unpaired) electrons. The molecule has 1 atom stereocenters. The zero-order valence-corrected chi connectivity index (χ0v) is 14.2. The maximum Gasteiger partial charge on any atom is 0.254 e. The molecule has 0 aliphatic carbocycles. The number of hydrogen-bond acceptors (Lipinski definition) is 4. The van der Waals surface area contributed by atoms with Crippen molar-refractivity contribution in [2.45, 2.75) is 12.6 Å². The number of nitrogens with zero attached hydrogens (tertiary/aromatic N) is 1. The van der Waals surface area contributed by atoms with Crippen LogP contribution >= 0.6 is 12.2 Å². The first-order valence-electron chi connectivity index (χ1n) is 8.06. The van der Waals surface area contributed by atoms with Crippen LogP contribution in [-0.4, -0.2) is 48.1 Å². The molecule has 24 heavy (non-hydrogen) atoms. The SMILES string of the molecule is O=C(NCC1CN(Cc2ccccc2)CCO1)c1ccc[nH]c1=S. The van der Waals surface area contributed by atoms with Crippen molar-refractivity contribution >= 4 is 18.1 Å². The Morgan fingerprint density at radius 1 is 1.29 bits per heavy atom. The van der Waals surface area contributed by atoms with Crippen molar-refractivity contribution in [2.75, 3.05) is 26.2 Å². The van der Waals surface area contributed by atoms with Crippen LogP contribution in [0.25, 0.3) is 0 Å². The molecule has 1 aromatic heterocycles. The van der Waals surface area contributed by atoms with Gasteiger partial charge in [-0.25, -0.2) is 0 Å². The largest absolute Gasteiger partial charge is 0.374 e. The van der Waals surface area contributed by atoms with Crippen LogP contribution in [0.3, 0.4) is 0 Å². The van der Waals surface area contributed by atoms with Crippen LogP contribution in [-0.2, 0) is 11.3 Å². The lowest BCUT2D eigenvalue weighted by Gasteiger charge is -2.33. The number of H-pyrrole nitrogens is 1. The van der Waals surface area contributed by atoms with Crippen LogP contribution in [0.4, 0.5) is 0 Å². The highest BCUT2D eigenvalue weighted by atomic mass is 32.1. The van der Waals surface area contributed by atoms with Crippen LogP contribution in [0.1, 0.15) is 15.9 Å². The molecule has 2 heterocycles. The Balaban J connectivity index is 1.51. The lowest BCUT2D eigenvalue weighted by Crippen LogP contribution is -2.47. The van der Waals surface area contributed by atoms with E-state index in [9.17, 15) is 4.79 Å². The molecule has 2 aromatic rings. The Hall–Kier alpha value is -2.02. The standard InChI is InChI=1S/C18H21N3O2S/c22-17(16-7-4-8-19-18(16)24)20-11-15-13-21(9-10-23-15)12-14-5-2-1-3-6-14/h1-8,15H,9-13H2,(H,19,24)(H,20,22). The van der Waals surface area contributed by atoms with Crippen molar-refractivity contribution in [1.82, 2.24) is 15.2 Å². The molecule has 126 valence electrons. The molecule has 1 aliphatic heterocycles. The van der Waals surface area contributed by atoms with Gasteiger partial charge in [0, 0.05) is 32.4 Å². The van der Waals surface area contributed by atoms with Crippen molar-refractivity contribution in [3.05, 3.63) is 64.4 Å². The van der Waals surface area contributed by atoms with Gasteiger partial charge >= 0.3 is 0 Å². The number of aromatic nitrogens is 1. The van der Waals surface area contributed by atoms with Gasteiger partial charge in [-0.2, -0.15) is 0 Å². The van der Waals surface area contributed by atoms with Crippen molar-refractivity contribution < 1.29 is 9.53 Å². The molecule has 1 fully saturated rings. The van der Waals surface area contributed by atoms with E-state index in [2.05, 4.69) is 39.5 Å². The number of hydrogen-bond donors (Lipinski definition) is 2. The number of carbonyl (C=O) groups is 1. The molecule has 0 saturated carbocycles. The minimum Gasteiger partial charge on any atom is -0.374 e. The number of benzene rings is 1. The topological polar surface area (TPSA) is 57.4 Å². The maximum absolute atomic E-state index is 12.2. The first-order chi connectivity index (χ1) is 11.7. The van der Waals surface area contributed by atoms with Crippen LogP contribution in [0.5, 0.6) is 0 Å². The fraction of sp³-hybridized carbons (Fsp3) is 0.333. The van der Waals surface area contributed by atoms with E-state index in [1.165, 1.54) is 5.56 Å². The maximum atomic E-state index is 12.2.